The van der Waals surface area contributed by atoms with Gasteiger partial charge in [-0.1, -0.05) is 0 Å². The van der Waals surface area contributed by atoms with Crippen LogP contribution in [0.5, 0.6) is 0 Å². The van der Waals surface area contributed by atoms with Crippen LogP contribution in [0.4, 0.5) is 5.95 Å². The first-order valence-corrected chi connectivity index (χ1v) is 8.21. The van der Waals surface area contributed by atoms with E-state index >= 15 is 0 Å². The molecule has 6 heteroatoms. The third-order valence-corrected chi connectivity index (χ3v) is 4.54. The van der Waals surface area contributed by atoms with Gasteiger partial charge in [0.15, 0.2) is 0 Å². The molecule has 3 heterocycles. The lowest BCUT2D eigenvalue weighted by atomic mass is 9.99. The molecule has 22 heavy (non-hydrogen) atoms. The SMILES string of the molecule is Cc1cc(C)nc(N2CCN(CC3CCCNC3)CC2)n1.Cl. The molecular weight excluding hydrogens is 298 g/mol. The molecule has 0 spiro atoms. The van der Waals surface area contributed by atoms with Crippen molar-refractivity contribution in [2.75, 3.05) is 50.7 Å². The average molecular weight is 326 g/mol. The van der Waals surface area contributed by atoms with Gasteiger partial charge in [0, 0.05) is 44.1 Å². The summed E-state index contributed by atoms with van der Waals surface area (Å²) in [5, 5.41) is 3.51. The first-order chi connectivity index (χ1) is 10.2. The van der Waals surface area contributed by atoms with E-state index in [2.05, 4.69) is 25.1 Å². The molecule has 0 bridgehead atoms. The fraction of sp³-hybridized carbons (Fsp3) is 0.750. The summed E-state index contributed by atoms with van der Waals surface area (Å²) < 4.78 is 0. The minimum Gasteiger partial charge on any atom is -0.338 e. The Hall–Kier alpha value is -0.910. The summed E-state index contributed by atoms with van der Waals surface area (Å²) in [5.74, 6) is 1.74. The van der Waals surface area contributed by atoms with E-state index in [0.717, 1.165) is 49.4 Å². The summed E-state index contributed by atoms with van der Waals surface area (Å²) in [7, 11) is 0. The fourth-order valence-corrected chi connectivity index (χ4v) is 3.42. The van der Waals surface area contributed by atoms with Crippen molar-refractivity contribution in [1.82, 2.24) is 20.2 Å². The Morgan fingerprint density at radius 2 is 1.82 bits per heavy atom. The Bertz CT molecular complexity index is 447. The van der Waals surface area contributed by atoms with Gasteiger partial charge in [0.2, 0.25) is 5.95 Å². The lowest BCUT2D eigenvalue weighted by Crippen LogP contribution is -2.49. The van der Waals surface area contributed by atoms with E-state index in [9.17, 15) is 0 Å². The van der Waals surface area contributed by atoms with Gasteiger partial charge in [0.1, 0.15) is 0 Å². The predicted molar refractivity (Wildman–Crippen MR) is 93.0 cm³/mol. The summed E-state index contributed by atoms with van der Waals surface area (Å²) in [6, 6.07) is 2.04. The lowest BCUT2D eigenvalue weighted by molar-refractivity contribution is 0.198. The van der Waals surface area contributed by atoms with E-state index in [1.165, 1.54) is 32.5 Å². The van der Waals surface area contributed by atoms with Crippen LogP contribution >= 0.6 is 12.4 Å². The summed E-state index contributed by atoms with van der Waals surface area (Å²) >= 11 is 0. The molecule has 2 aliphatic heterocycles. The summed E-state index contributed by atoms with van der Waals surface area (Å²) in [6.07, 6.45) is 2.72. The molecule has 0 aromatic carbocycles. The molecule has 1 N–H and O–H groups in total. The Balaban J connectivity index is 0.00000176. The molecule has 0 radical (unpaired) electrons. The summed E-state index contributed by atoms with van der Waals surface area (Å²) in [6.45, 7) is 12.1. The molecule has 0 aliphatic carbocycles. The molecule has 1 unspecified atom stereocenters. The third-order valence-electron chi connectivity index (χ3n) is 4.54. The van der Waals surface area contributed by atoms with Crippen LogP contribution < -0.4 is 10.2 Å². The number of hydrogen-bond donors (Lipinski definition) is 1. The van der Waals surface area contributed by atoms with Gasteiger partial charge in [-0.15, -0.1) is 12.4 Å². The van der Waals surface area contributed by atoms with Crippen molar-refractivity contribution in [3.63, 3.8) is 0 Å². The maximum absolute atomic E-state index is 4.58. The largest absolute Gasteiger partial charge is 0.338 e. The number of rotatable bonds is 3. The van der Waals surface area contributed by atoms with Gasteiger partial charge in [-0.2, -0.15) is 0 Å². The number of anilines is 1. The van der Waals surface area contributed by atoms with Gasteiger partial charge in [-0.25, -0.2) is 9.97 Å². The van der Waals surface area contributed by atoms with Gasteiger partial charge in [0.25, 0.3) is 0 Å². The smallest absolute Gasteiger partial charge is 0.225 e. The van der Waals surface area contributed by atoms with Gasteiger partial charge in [-0.3, -0.25) is 4.90 Å². The molecule has 1 aromatic rings. The van der Waals surface area contributed by atoms with E-state index in [1.54, 1.807) is 0 Å². The Morgan fingerprint density at radius 3 is 2.41 bits per heavy atom. The minimum absolute atomic E-state index is 0. The highest BCUT2D eigenvalue weighted by molar-refractivity contribution is 5.85. The number of piperidine rings is 1. The monoisotopic (exact) mass is 325 g/mol. The summed E-state index contributed by atoms with van der Waals surface area (Å²) in [4.78, 5) is 14.1. The number of aromatic nitrogens is 2. The molecule has 2 fully saturated rings. The summed E-state index contributed by atoms with van der Waals surface area (Å²) in [5.41, 5.74) is 2.13. The van der Waals surface area contributed by atoms with E-state index < -0.39 is 0 Å². The molecule has 3 rings (SSSR count). The highest BCUT2D eigenvalue weighted by Gasteiger charge is 2.22. The van der Waals surface area contributed by atoms with E-state index in [-0.39, 0.29) is 12.4 Å². The first kappa shape index (κ1) is 17.4. The van der Waals surface area contributed by atoms with Crippen LogP contribution in [0.1, 0.15) is 24.2 Å². The third kappa shape index (κ3) is 4.54. The maximum atomic E-state index is 4.58. The van der Waals surface area contributed by atoms with Crippen LogP contribution in [0.2, 0.25) is 0 Å². The zero-order valence-corrected chi connectivity index (χ0v) is 14.5. The van der Waals surface area contributed by atoms with Crippen LogP contribution in [-0.4, -0.2) is 60.7 Å². The molecule has 1 aromatic heterocycles. The van der Waals surface area contributed by atoms with E-state index in [4.69, 9.17) is 0 Å². The fourth-order valence-electron chi connectivity index (χ4n) is 3.42. The minimum atomic E-state index is 0. The van der Waals surface area contributed by atoms with Gasteiger partial charge < -0.3 is 10.2 Å². The van der Waals surface area contributed by atoms with Crippen molar-refractivity contribution in [3.8, 4) is 0 Å². The normalized spacial score (nSPS) is 23.2. The van der Waals surface area contributed by atoms with Crippen molar-refractivity contribution >= 4 is 18.4 Å². The number of hydrogen-bond acceptors (Lipinski definition) is 5. The van der Waals surface area contributed by atoms with Crippen LogP contribution in [0.25, 0.3) is 0 Å². The van der Waals surface area contributed by atoms with Crippen molar-refractivity contribution in [3.05, 3.63) is 17.5 Å². The molecular formula is C16H28ClN5. The number of halogens is 1. The predicted octanol–water partition coefficient (Wildman–Crippen LogP) is 1.64. The number of aryl methyl sites for hydroxylation is 2. The first-order valence-electron chi connectivity index (χ1n) is 8.21. The van der Waals surface area contributed by atoms with E-state index in [0.29, 0.717) is 0 Å². The standard InChI is InChI=1S/C16H27N5.ClH/c1-13-10-14(2)19-16(18-13)21-8-6-20(7-9-21)12-15-4-3-5-17-11-15;/h10,15,17H,3-9,11-12H2,1-2H3;1H. The number of nitrogens with one attached hydrogen (secondary N) is 1. The number of piperazine rings is 1. The molecule has 124 valence electrons. The zero-order valence-electron chi connectivity index (χ0n) is 13.7. The number of nitrogens with zero attached hydrogens (tertiary/aromatic N) is 4. The molecule has 1 atom stereocenters. The molecule has 2 aliphatic rings. The molecule has 0 amide bonds. The van der Waals surface area contributed by atoms with Crippen LogP contribution in [-0.2, 0) is 0 Å². The molecule has 2 saturated heterocycles. The average Bonchev–Trinajstić information content (AvgIpc) is 2.48. The maximum Gasteiger partial charge on any atom is 0.225 e. The highest BCUT2D eigenvalue weighted by atomic mass is 35.5. The highest BCUT2D eigenvalue weighted by Crippen LogP contribution is 2.16. The van der Waals surface area contributed by atoms with Crippen molar-refractivity contribution in [2.24, 2.45) is 5.92 Å². The second-order valence-corrected chi connectivity index (χ2v) is 6.45. The topological polar surface area (TPSA) is 44.3 Å². The lowest BCUT2D eigenvalue weighted by Gasteiger charge is -2.37. The van der Waals surface area contributed by atoms with Crippen molar-refractivity contribution in [1.29, 1.82) is 0 Å². The van der Waals surface area contributed by atoms with Gasteiger partial charge in [-0.05, 0) is 51.8 Å². The Kier molecular flexibility index (Phi) is 6.41. The van der Waals surface area contributed by atoms with Crippen LogP contribution in [0, 0.1) is 19.8 Å². The zero-order chi connectivity index (χ0) is 14.7. The Labute approximate surface area is 139 Å². The van der Waals surface area contributed by atoms with Crippen LogP contribution in [0.15, 0.2) is 6.07 Å². The molecule has 0 saturated carbocycles. The van der Waals surface area contributed by atoms with E-state index in [1.807, 2.05) is 19.9 Å². The van der Waals surface area contributed by atoms with Gasteiger partial charge in [0.05, 0.1) is 0 Å². The van der Waals surface area contributed by atoms with Crippen molar-refractivity contribution < 1.29 is 0 Å². The van der Waals surface area contributed by atoms with Gasteiger partial charge >= 0.3 is 0 Å². The van der Waals surface area contributed by atoms with Crippen molar-refractivity contribution in [2.45, 2.75) is 26.7 Å². The second kappa shape index (κ2) is 8.09. The second-order valence-electron chi connectivity index (χ2n) is 6.45. The molecule has 5 nitrogen and oxygen atoms in total. The van der Waals surface area contributed by atoms with Crippen LogP contribution in [0.3, 0.4) is 0 Å². The Morgan fingerprint density at radius 1 is 1.14 bits per heavy atom. The quantitative estimate of drug-likeness (QED) is 0.915.